The molecule has 0 bridgehead atoms. The summed E-state index contributed by atoms with van der Waals surface area (Å²) in [6.45, 7) is 0.482. The summed E-state index contributed by atoms with van der Waals surface area (Å²) in [6, 6.07) is 27.6. The minimum absolute atomic E-state index is 0.482. The molecule has 0 aliphatic rings. The summed E-state index contributed by atoms with van der Waals surface area (Å²) in [7, 11) is 1.70. The molecule has 0 saturated carbocycles. The van der Waals surface area contributed by atoms with E-state index in [0.29, 0.717) is 17.9 Å². The second-order valence-electron chi connectivity index (χ2n) is 6.55. The SMILES string of the molecule is COCc1cc2ccccc2c(Oc2ccc(C=O)cc2)c1-c1ccccc1. The lowest BCUT2D eigenvalue weighted by atomic mass is 9.94. The van der Waals surface area contributed by atoms with E-state index < -0.39 is 0 Å². The van der Waals surface area contributed by atoms with Crippen LogP contribution < -0.4 is 4.74 Å². The van der Waals surface area contributed by atoms with Crippen molar-refractivity contribution in [2.24, 2.45) is 0 Å². The Balaban J connectivity index is 1.95. The fourth-order valence-electron chi connectivity index (χ4n) is 3.40. The fraction of sp³-hybridized carbons (Fsp3) is 0.0800. The molecule has 0 heterocycles. The molecule has 0 aromatic heterocycles. The third kappa shape index (κ3) is 3.53. The maximum atomic E-state index is 11.0. The van der Waals surface area contributed by atoms with Crippen molar-refractivity contribution in [1.82, 2.24) is 0 Å². The van der Waals surface area contributed by atoms with E-state index in [1.807, 2.05) is 42.5 Å². The van der Waals surface area contributed by atoms with E-state index in [-0.39, 0.29) is 0 Å². The van der Waals surface area contributed by atoms with Crippen LogP contribution in [0.25, 0.3) is 21.9 Å². The number of hydrogen-bond donors (Lipinski definition) is 0. The molecule has 138 valence electrons. The second-order valence-corrected chi connectivity index (χ2v) is 6.55. The maximum Gasteiger partial charge on any atom is 0.150 e. The Labute approximate surface area is 164 Å². The Morgan fingerprint density at radius 3 is 2.29 bits per heavy atom. The minimum atomic E-state index is 0.482. The van der Waals surface area contributed by atoms with Crippen LogP contribution in [0.3, 0.4) is 0 Å². The number of ether oxygens (including phenoxy) is 2. The summed E-state index contributed by atoms with van der Waals surface area (Å²) in [5.41, 5.74) is 3.76. The highest BCUT2D eigenvalue weighted by molar-refractivity contribution is 5.97. The van der Waals surface area contributed by atoms with Crippen LogP contribution in [0.5, 0.6) is 11.5 Å². The first-order valence-electron chi connectivity index (χ1n) is 9.12. The fourth-order valence-corrected chi connectivity index (χ4v) is 3.40. The van der Waals surface area contributed by atoms with E-state index >= 15 is 0 Å². The summed E-state index contributed by atoms with van der Waals surface area (Å²) in [5, 5.41) is 2.12. The third-order valence-electron chi connectivity index (χ3n) is 4.68. The van der Waals surface area contributed by atoms with Crippen molar-refractivity contribution in [2.75, 3.05) is 7.11 Å². The molecule has 0 fully saturated rings. The molecule has 0 amide bonds. The van der Waals surface area contributed by atoms with Gasteiger partial charge in [-0.1, -0.05) is 54.6 Å². The topological polar surface area (TPSA) is 35.5 Å². The summed E-state index contributed by atoms with van der Waals surface area (Å²) in [4.78, 5) is 11.0. The van der Waals surface area contributed by atoms with Gasteiger partial charge in [-0.2, -0.15) is 0 Å². The van der Waals surface area contributed by atoms with Crippen LogP contribution in [-0.2, 0) is 11.3 Å². The highest BCUT2D eigenvalue weighted by Crippen LogP contribution is 2.42. The quantitative estimate of drug-likeness (QED) is 0.377. The van der Waals surface area contributed by atoms with Crippen molar-refractivity contribution in [2.45, 2.75) is 6.61 Å². The van der Waals surface area contributed by atoms with Gasteiger partial charge in [0, 0.05) is 23.6 Å². The van der Waals surface area contributed by atoms with Crippen molar-refractivity contribution in [3.8, 4) is 22.6 Å². The monoisotopic (exact) mass is 368 g/mol. The van der Waals surface area contributed by atoms with Gasteiger partial charge in [0.1, 0.15) is 17.8 Å². The molecule has 0 saturated heterocycles. The Morgan fingerprint density at radius 1 is 0.857 bits per heavy atom. The molecule has 0 radical (unpaired) electrons. The minimum Gasteiger partial charge on any atom is -0.456 e. The van der Waals surface area contributed by atoms with Gasteiger partial charge in [0.05, 0.1) is 6.61 Å². The van der Waals surface area contributed by atoms with Gasteiger partial charge < -0.3 is 9.47 Å². The molecule has 0 aliphatic heterocycles. The van der Waals surface area contributed by atoms with E-state index in [0.717, 1.165) is 39.5 Å². The molecule has 4 aromatic rings. The lowest BCUT2D eigenvalue weighted by molar-refractivity contribution is 0.112. The van der Waals surface area contributed by atoms with E-state index in [1.54, 1.807) is 19.2 Å². The Bertz CT molecular complexity index is 1100. The van der Waals surface area contributed by atoms with Crippen LogP contribution in [-0.4, -0.2) is 13.4 Å². The molecule has 0 atom stereocenters. The average Bonchev–Trinajstić information content (AvgIpc) is 2.75. The van der Waals surface area contributed by atoms with E-state index in [2.05, 4.69) is 30.3 Å². The molecule has 0 spiro atoms. The van der Waals surface area contributed by atoms with Gasteiger partial charge in [-0.05, 0) is 46.8 Å². The van der Waals surface area contributed by atoms with Crippen LogP contribution in [0.4, 0.5) is 0 Å². The van der Waals surface area contributed by atoms with E-state index in [9.17, 15) is 4.79 Å². The van der Waals surface area contributed by atoms with Gasteiger partial charge in [0.2, 0.25) is 0 Å². The molecular formula is C25H20O3. The zero-order valence-electron chi connectivity index (χ0n) is 15.6. The number of hydrogen-bond acceptors (Lipinski definition) is 3. The van der Waals surface area contributed by atoms with Gasteiger partial charge >= 0.3 is 0 Å². The van der Waals surface area contributed by atoms with Crippen LogP contribution >= 0.6 is 0 Å². The van der Waals surface area contributed by atoms with E-state index in [1.165, 1.54) is 0 Å². The predicted molar refractivity (Wildman–Crippen MR) is 112 cm³/mol. The second kappa shape index (κ2) is 8.07. The first kappa shape index (κ1) is 18.0. The van der Waals surface area contributed by atoms with Crippen molar-refractivity contribution in [3.63, 3.8) is 0 Å². The number of fused-ring (bicyclic) bond motifs is 1. The summed E-state index contributed by atoms with van der Waals surface area (Å²) >= 11 is 0. The van der Waals surface area contributed by atoms with Gasteiger partial charge in [0.25, 0.3) is 0 Å². The first-order valence-corrected chi connectivity index (χ1v) is 9.12. The molecule has 0 N–H and O–H groups in total. The highest BCUT2D eigenvalue weighted by atomic mass is 16.5. The Morgan fingerprint density at radius 2 is 1.57 bits per heavy atom. The molecular weight excluding hydrogens is 348 g/mol. The maximum absolute atomic E-state index is 11.0. The van der Waals surface area contributed by atoms with Crippen molar-refractivity contribution >= 4 is 17.1 Å². The molecule has 4 aromatic carbocycles. The summed E-state index contributed by atoms with van der Waals surface area (Å²) in [6.07, 6.45) is 0.827. The standard InChI is InChI=1S/C25H20O3/c1-27-17-21-15-20-9-5-6-10-23(20)25(24(21)19-7-3-2-4-8-19)28-22-13-11-18(16-26)12-14-22/h2-16H,17H2,1H3. The Hall–Kier alpha value is -3.43. The van der Waals surface area contributed by atoms with Crippen LogP contribution in [0.1, 0.15) is 15.9 Å². The van der Waals surface area contributed by atoms with Crippen molar-refractivity contribution in [3.05, 3.63) is 96.1 Å². The zero-order chi connectivity index (χ0) is 19.3. The van der Waals surface area contributed by atoms with Crippen molar-refractivity contribution in [1.29, 1.82) is 0 Å². The summed E-state index contributed by atoms with van der Waals surface area (Å²) < 4.78 is 11.9. The molecule has 3 nitrogen and oxygen atoms in total. The lowest BCUT2D eigenvalue weighted by Gasteiger charge is -2.19. The van der Waals surface area contributed by atoms with Gasteiger partial charge in [0.15, 0.2) is 0 Å². The Kier molecular flexibility index (Phi) is 5.18. The largest absolute Gasteiger partial charge is 0.456 e. The number of rotatable bonds is 6. The van der Waals surface area contributed by atoms with Crippen LogP contribution in [0.2, 0.25) is 0 Å². The number of methoxy groups -OCH3 is 1. The normalized spacial score (nSPS) is 10.8. The van der Waals surface area contributed by atoms with E-state index in [4.69, 9.17) is 9.47 Å². The molecule has 0 unspecified atom stereocenters. The number of aldehydes is 1. The van der Waals surface area contributed by atoms with Gasteiger partial charge in [-0.25, -0.2) is 0 Å². The van der Waals surface area contributed by atoms with Crippen LogP contribution in [0, 0.1) is 0 Å². The molecule has 3 heteroatoms. The van der Waals surface area contributed by atoms with Crippen molar-refractivity contribution < 1.29 is 14.3 Å². The zero-order valence-corrected chi connectivity index (χ0v) is 15.6. The molecule has 28 heavy (non-hydrogen) atoms. The van der Waals surface area contributed by atoms with Gasteiger partial charge in [-0.15, -0.1) is 0 Å². The lowest BCUT2D eigenvalue weighted by Crippen LogP contribution is -1.98. The highest BCUT2D eigenvalue weighted by Gasteiger charge is 2.17. The first-order chi connectivity index (χ1) is 13.8. The number of carbonyl (C=O) groups excluding carboxylic acids is 1. The predicted octanol–water partition coefficient (Wildman–Crippen LogP) is 6.26. The molecule has 0 aliphatic carbocycles. The van der Waals surface area contributed by atoms with Gasteiger partial charge in [-0.3, -0.25) is 4.79 Å². The number of carbonyl (C=O) groups is 1. The molecule has 4 rings (SSSR count). The smallest absolute Gasteiger partial charge is 0.150 e. The third-order valence-corrected chi connectivity index (χ3v) is 4.68. The number of benzene rings is 4. The summed E-state index contributed by atoms with van der Waals surface area (Å²) in [5.74, 6) is 1.47. The average molecular weight is 368 g/mol. The van der Waals surface area contributed by atoms with Crippen LogP contribution in [0.15, 0.2) is 84.9 Å².